The minimum Gasteiger partial charge on any atom is -0.507 e. The molecule has 0 saturated carbocycles. The number of ether oxygens (including phenoxy) is 2. The summed E-state index contributed by atoms with van der Waals surface area (Å²) in [5.74, 6) is -1.49. The standard InChI is InChI=1S/C23H24N2O8/c1-2-33-18-9-5-15(6-10-18)20-19(21(27)16-3-7-17(8-4-16)25(30)31)22(28)23(29)24(20)11-13-32-14-12-26/h3-10,20,26-27H,2,11-14H2,1H3/b21-19-. The minimum absolute atomic E-state index is 0.0551. The van der Waals surface area contributed by atoms with Crippen molar-refractivity contribution in [3.63, 3.8) is 0 Å². The molecule has 0 bridgehead atoms. The zero-order valence-corrected chi connectivity index (χ0v) is 18.0. The van der Waals surface area contributed by atoms with E-state index in [1.165, 1.54) is 29.2 Å². The predicted molar refractivity (Wildman–Crippen MR) is 118 cm³/mol. The van der Waals surface area contributed by atoms with Crippen LogP contribution < -0.4 is 4.74 Å². The smallest absolute Gasteiger partial charge is 0.295 e. The van der Waals surface area contributed by atoms with E-state index in [4.69, 9.17) is 14.6 Å². The Morgan fingerprint density at radius 2 is 1.76 bits per heavy atom. The predicted octanol–water partition coefficient (Wildman–Crippen LogP) is 2.42. The fourth-order valence-corrected chi connectivity index (χ4v) is 3.60. The normalized spacial score (nSPS) is 17.4. The third-order valence-corrected chi connectivity index (χ3v) is 5.11. The summed E-state index contributed by atoms with van der Waals surface area (Å²) in [5.41, 5.74) is 0.450. The molecule has 0 aromatic heterocycles. The number of nitro groups is 1. The number of hydrogen-bond donors (Lipinski definition) is 2. The van der Waals surface area contributed by atoms with Crippen molar-refractivity contribution in [2.75, 3.05) is 33.0 Å². The molecule has 10 nitrogen and oxygen atoms in total. The van der Waals surface area contributed by atoms with Crippen molar-refractivity contribution >= 4 is 23.1 Å². The number of carbonyl (C=O) groups excluding carboxylic acids is 2. The van der Waals surface area contributed by atoms with Gasteiger partial charge in [0.2, 0.25) is 0 Å². The van der Waals surface area contributed by atoms with Gasteiger partial charge < -0.3 is 24.6 Å². The van der Waals surface area contributed by atoms with Crippen molar-refractivity contribution < 1.29 is 34.2 Å². The molecule has 10 heteroatoms. The van der Waals surface area contributed by atoms with Gasteiger partial charge in [-0.05, 0) is 36.8 Å². The molecule has 1 amide bonds. The number of nitrogens with zero attached hydrogens (tertiary/aromatic N) is 2. The summed E-state index contributed by atoms with van der Waals surface area (Å²) in [7, 11) is 0. The SMILES string of the molecule is CCOc1ccc(C2/C(=C(/O)c3ccc([N+](=O)[O-])cc3)C(=O)C(=O)N2CCOCCO)cc1. The third kappa shape index (κ3) is 5.18. The average molecular weight is 456 g/mol. The number of carbonyl (C=O) groups is 2. The summed E-state index contributed by atoms with van der Waals surface area (Å²) in [6, 6.07) is 11.0. The molecule has 0 radical (unpaired) electrons. The van der Waals surface area contributed by atoms with Gasteiger partial charge in [0.05, 0.1) is 43.0 Å². The highest BCUT2D eigenvalue weighted by Gasteiger charge is 2.45. The number of likely N-dealkylation sites (tertiary alicyclic amines) is 1. The van der Waals surface area contributed by atoms with Gasteiger partial charge in [0.15, 0.2) is 0 Å². The maximum atomic E-state index is 12.9. The van der Waals surface area contributed by atoms with Crippen LogP contribution in [0.4, 0.5) is 5.69 Å². The van der Waals surface area contributed by atoms with Crippen LogP contribution in [0.1, 0.15) is 24.1 Å². The Morgan fingerprint density at radius 3 is 2.33 bits per heavy atom. The number of non-ortho nitro benzene ring substituents is 1. The zero-order valence-electron chi connectivity index (χ0n) is 18.0. The van der Waals surface area contributed by atoms with E-state index < -0.39 is 28.4 Å². The van der Waals surface area contributed by atoms with Crippen molar-refractivity contribution in [2.45, 2.75) is 13.0 Å². The fourth-order valence-electron chi connectivity index (χ4n) is 3.60. The molecule has 1 aliphatic heterocycles. The van der Waals surface area contributed by atoms with E-state index in [0.717, 1.165) is 0 Å². The molecule has 1 unspecified atom stereocenters. The quantitative estimate of drug-likeness (QED) is 0.139. The van der Waals surface area contributed by atoms with Gasteiger partial charge in [-0.3, -0.25) is 19.7 Å². The van der Waals surface area contributed by atoms with Crippen LogP contribution in [0.15, 0.2) is 54.1 Å². The molecule has 1 heterocycles. The van der Waals surface area contributed by atoms with E-state index in [0.29, 0.717) is 17.9 Å². The van der Waals surface area contributed by atoms with Crippen molar-refractivity contribution in [1.29, 1.82) is 0 Å². The van der Waals surface area contributed by atoms with Crippen molar-refractivity contribution in [1.82, 2.24) is 4.90 Å². The summed E-state index contributed by atoms with van der Waals surface area (Å²) in [5, 5.41) is 30.8. The van der Waals surface area contributed by atoms with Gasteiger partial charge in [0, 0.05) is 24.2 Å². The average Bonchev–Trinajstić information content (AvgIpc) is 3.07. The Morgan fingerprint density at radius 1 is 1.09 bits per heavy atom. The fraction of sp³-hybridized carbons (Fsp3) is 0.304. The number of ketones is 1. The zero-order chi connectivity index (χ0) is 24.0. The first-order valence-corrected chi connectivity index (χ1v) is 10.3. The van der Waals surface area contributed by atoms with Crippen LogP contribution in [0.25, 0.3) is 5.76 Å². The summed E-state index contributed by atoms with van der Waals surface area (Å²) in [4.78, 5) is 37.4. The summed E-state index contributed by atoms with van der Waals surface area (Å²) < 4.78 is 10.7. The Kier molecular flexibility index (Phi) is 7.75. The van der Waals surface area contributed by atoms with Gasteiger partial charge in [-0.25, -0.2) is 0 Å². The maximum absolute atomic E-state index is 12.9. The number of aliphatic hydroxyl groups excluding tert-OH is 2. The molecular formula is C23H24N2O8. The van der Waals surface area contributed by atoms with Crippen molar-refractivity contribution in [3.05, 3.63) is 75.3 Å². The van der Waals surface area contributed by atoms with Crippen molar-refractivity contribution in [2.24, 2.45) is 0 Å². The van der Waals surface area contributed by atoms with Crippen LogP contribution >= 0.6 is 0 Å². The lowest BCUT2D eigenvalue weighted by Crippen LogP contribution is -2.33. The number of rotatable bonds is 10. The molecule has 0 aliphatic carbocycles. The maximum Gasteiger partial charge on any atom is 0.295 e. The van der Waals surface area contributed by atoms with Gasteiger partial charge in [-0.1, -0.05) is 12.1 Å². The Balaban J connectivity index is 2.04. The number of amides is 1. The molecule has 1 saturated heterocycles. The summed E-state index contributed by atoms with van der Waals surface area (Å²) in [6.45, 7) is 2.36. The largest absolute Gasteiger partial charge is 0.507 e. The Hall–Kier alpha value is -3.76. The summed E-state index contributed by atoms with van der Waals surface area (Å²) >= 11 is 0. The van der Waals surface area contributed by atoms with E-state index in [2.05, 4.69) is 0 Å². The highest BCUT2D eigenvalue weighted by molar-refractivity contribution is 6.46. The van der Waals surface area contributed by atoms with Crippen molar-refractivity contribution in [3.8, 4) is 5.75 Å². The van der Waals surface area contributed by atoms with E-state index in [1.807, 2.05) is 6.92 Å². The lowest BCUT2D eigenvalue weighted by Gasteiger charge is -2.25. The molecule has 2 aromatic rings. The summed E-state index contributed by atoms with van der Waals surface area (Å²) in [6.07, 6.45) is 0. The second-order valence-electron chi connectivity index (χ2n) is 7.13. The first-order valence-electron chi connectivity index (χ1n) is 10.3. The van der Waals surface area contributed by atoms with E-state index in [9.17, 15) is 24.8 Å². The number of benzene rings is 2. The number of nitro benzene ring substituents is 1. The van der Waals surface area contributed by atoms with Gasteiger partial charge in [0.25, 0.3) is 17.4 Å². The third-order valence-electron chi connectivity index (χ3n) is 5.11. The lowest BCUT2D eigenvalue weighted by atomic mass is 9.95. The van der Waals surface area contributed by atoms with Gasteiger partial charge in [0.1, 0.15) is 11.5 Å². The Labute approximate surface area is 189 Å². The highest BCUT2D eigenvalue weighted by Crippen LogP contribution is 2.39. The second kappa shape index (κ2) is 10.7. The van der Waals surface area contributed by atoms with Crippen LogP contribution in [-0.4, -0.2) is 64.7 Å². The molecule has 174 valence electrons. The van der Waals surface area contributed by atoms with Gasteiger partial charge >= 0.3 is 0 Å². The van der Waals surface area contributed by atoms with Crippen LogP contribution in [0.2, 0.25) is 0 Å². The van der Waals surface area contributed by atoms with Gasteiger partial charge in [-0.2, -0.15) is 0 Å². The first-order chi connectivity index (χ1) is 15.9. The molecule has 3 rings (SSSR count). The molecule has 0 spiro atoms. The number of aliphatic hydroxyl groups is 2. The number of hydrogen-bond acceptors (Lipinski definition) is 8. The first kappa shape index (κ1) is 23.9. The topological polar surface area (TPSA) is 139 Å². The van der Waals surface area contributed by atoms with Gasteiger partial charge in [-0.15, -0.1) is 0 Å². The molecule has 1 aliphatic rings. The molecule has 1 fully saturated rings. The molecule has 2 N–H and O–H groups in total. The molecular weight excluding hydrogens is 432 g/mol. The second-order valence-corrected chi connectivity index (χ2v) is 7.13. The number of Topliss-reactive ketones (excluding diaryl/α,β-unsaturated/α-hetero) is 1. The van der Waals surface area contributed by atoms with Crippen LogP contribution in [0.3, 0.4) is 0 Å². The van der Waals surface area contributed by atoms with E-state index in [-0.39, 0.29) is 43.2 Å². The minimum atomic E-state index is -0.895. The van der Waals surface area contributed by atoms with Crippen LogP contribution in [0.5, 0.6) is 5.75 Å². The Bertz CT molecular complexity index is 1050. The lowest BCUT2D eigenvalue weighted by molar-refractivity contribution is -0.384. The van der Waals surface area contributed by atoms with E-state index >= 15 is 0 Å². The molecule has 1 atom stereocenters. The molecule has 33 heavy (non-hydrogen) atoms. The monoisotopic (exact) mass is 456 g/mol. The van der Waals surface area contributed by atoms with Crippen LogP contribution in [-0.2, 0) is 14.3 Å². The molecule has 2 aromatic carbocycles. The van der Waals surface area contributed by atoms with E-state index in [1.54, 1.807) is 24.3 Å². The van der Waals surface area contributed by atoms with Crippen LogP contribution in [0, 0.1) is 10.1 Å². The highest BCUT2D eigenvalue weighted by atomic mass is 16.6.